The second-order valence-electron chi connectivity index (χ2n) is 5.55. The second-order valence-corrected chi connectivity index (χ2v) is 5.55. The molecule has 0 aromatic heterocycles. The smallest absolute Gasteiger partial charge is 0.347 e. The first-order valence-corrected chi connectivity index (χ1v) is 6.52. The first-order chi connectivity index (χ1) is 10.0. The maximum absolute atomic E-state index is 12.2. The van der Waals surface area contributed by atoms with E-state index in [1.165, 1.54) is 5.32 Å². The summed E-state index contributed by atoms with van der Waals surface area (Å²) in [5.74, 6) is -3.37. The molecule has 1 aromatic rings. The van der Waals surface area contributed by atoms with Gasteiger partial charge in [0.25, 0.3) is 5.91 Å². The third-order valence-electron chi connectivity index (χ3n) is 3.70. The van der Waals surface area contributed by atoms with Gasteiger partial charge in [0.1, 0.15) is 0 Å². The van der Waals surface area contributed by atoms with Crippen LogP contribution in [-0.2, 0) is 15.0 Å². The van der Waals surface area contributed by atoms with Crippen LogP contribution in [0.1, 0.15) is 19.4 Å². The number of imide groups is 1. The molecular formula is C15H15F3N2O2. The SMILES string of the molecule is CN1/C(=C\C(=O)NC(=O)C(F)(F)F)C(C)(C)c2ccccc21. The van der Waals surface area contributed by atoms with Gasteiger partial charge >= 0.3 is 12.1 Å². The highest BCUT2D eigenvalue weighted by Gasteiger charge is 2.41. The number of likely N-dealkylation sites (N-methyl/N-ethyl adjacent to an activating group) is 1. The number of fused-ring (bicyclic) bond motifs is 1. The van der Waals surface area contributed by atoms with Crippen LogP contribution in [0, 0.1) is 0 Å². The van der Waals surface area contributed by atoms with Crippen molar-refractivity contribution in [2.45, 2.75) is 25.4 Å². The van der Waals surface area contributed by atoms with Crippen LogP contribution in [0.25, 0.3) is 0 Å². The number of hydrogen-bond acceptors (Lipinski definition) is 3. The van der Waals surface area contributed by atoms with Gasteiger partial charge in [0, 0.05) is 29.9 Å². The minimum Gasteiger partial charge on any atom is -0.347 e. The Kier molecular flexibility index (Phi) is 3.76. The Morgan fingerprint density at radius 2 is 1.82 bits per heavy atom. The molecule has 0 saturated heterocycles. The minimum absolute atomic E-state index is 0.515. The summed E-state index contributed by atoms with van der Waals surface area (Å²) < 4.78 is 36.5. The summed E-state index contributed by atoms with van der Waals surface area (Å²) in [5.41, 5.74) is 1.79. The fourth-order valence-electron chi connectivity index (χ4n) is 2.60. The maximum Gasteiger partial charge on any atom is 0.471 e. The van der Waals surface area contributed by atoms with Crippen molar-refractivity contribution in [3.05, 3.63) is 41.6 Å². The van der Waals surface area contributed by atoms with Crippen molar-refractivity contribution >= 4 is 17.5 Å². The van der Waals surface area contributed by atoms with Gasteiger partial charge in [-0.2, -0.15) is 13.2 Å². The molecule has 7 heteroatoms. The molecule has 4 nitrogen and oxygen atoms in total. The van der Waals surface area contributed by atoms with Crippen LogP contribution in [0.2, 0.25) is 0 Å². The van der Waals surface area contributed by atoms with Crippen LogP contribution in [-0.4, -0.2) is 25.0 Å². The number of anilines is 1. The molecule has 1 N–H and O–H groups in total. The standard InChI is InChI=1S/C15H15F3N2O2/c1-14(2)9-6-4-5-7-10(9)20(3)11(14)8-12(21)19-13(22)15(16,17)18/h4-8H,1-3H3,(H,19,21,22)/b11-8-. The van der Waals surface area contributed by atoms with Crippen LogP contribution < -0.4 is 10.2 Å². The molecule has 0 fully saturated rings. The first-order valence-electron chi connectivity index (χ1n) is 6.52. The van der Waals surface area contributed by atoms with Gasteiger partial charge in [-0.3, -0.25) is 14.9 Å². The van der Waals surface area contributed by atoms with Crippen molar-refractivity contribution in [1.82, 2.24) is 5.32 Å². The number of halogens is 3. The van der Waals surface area contributed by atoms with Gasteiger partial charge in [0.2, 0.25) is 0 Å². The van der Waals surface area contributed by atoms with E-state index >= 15 is 0 Å². The molecule has 0 spiro atoms. The summed E-state index contributed by atoms with van der Waals surface area (Å²) in [5, 5.41) is 1.33. The van der Waals surface area contributed by atoms with Crippen LogP contribution in [0.15, 0.2) is 36.0 Å². The van der Waals surface area contributed by atoms with Crippen molar-refractivity contribution in [2.75, 3.05) is 11.9 Å². The summed E-state index contributed by atoms with van der Waals surface area (Å²) in [7, 11) is 1.72. The van der Waals surface area contributed by atoms with Crippen LogP contribution >= 0.6 is 0 Å². The van der Waals surface area contributed by atoms with Crippen molar-refractivity contribution in [3.63, 3.8) is 0 Å². The minimum atomic E-state index is -5.09. The number of carbonyl (C=O) groups is 2. The highest BCUT2D eigenvalue weighted by molar-refractivity contribution is 6.03. The maximum atomic E-state index is 12.2. The number of benzene rings is 1. The Hall–Kier alpha value is -2.31. The molecule has 2 rings (SSSR count). The van der Waals surface area contributed by atoms with E-state index in [1.54, 1.807) is 11.9 Å². The van der Waals surface area contributed by atoms with Gasteiger partial charge in [-0.1, -0.05) is 32.0 Å². The van der Waals surface area contributed by atoms with E-state index in [0.717, 1.165) is 17.3 Å². The average Bonchev–Trinajstić information content (AvgIpc) is 2.60. The monoisotopic (exact) mass is 312 g/mol. The molecule has 22 heavy (non-hydrogen) atoms. The zero-order valence-electron chi connectivity index (χ0n) is 12.3. The predicted molar refractivity (Wildman–Crippen MR) is 75.2 cm³/mol. The topological polar surface area (TPSA) is 49.4 Å². The number of nitrogens with one attached hydrogen (secondary N) is 1. The number of rotatable bonds is 1. The number of para-hydroxylation sites is 1. The van der Waals surface area contributed by atoms with E-state index in [-0.39, 0.29) is 0 Å². The molecule has 0 radical (unpaired) electrons. The third-order valence-corrected chi connectivity index (χ3v) is 3.70. The molecule has 1 heterocycles. The van der Waals surface area contributed by atoms with Gasteiger partial charge in [0.05, 0.1) is 0 Å². The van der Waals surface area contributed by atoms with Gasteiger partial charge in [0.15, 0.2) is 0 Å². The lowest BCUT2D eigenvalue weighted by atomic mass is 9.84. The lowest BCUT2D eigenvalue weighted by Gasteiger charge is -2.23. The van der Waals surface area contributed by atoms with Crippen LogP contribution in [0.5, 0.6) is 0 Å². The highest BCUT2D eigenvalue weighted by atomic mass is 19.4. The number of hydrogen-bond donors (Lipinski definition) is 1. The number of carbonyl (C=O) groups excluding carboxylic acids is 2. The lowest BCUT2D eigenvalue weighted by Crippen LogP contribution is -2.40. The average molecular weight is 312 g/mol. The molecule has 1 aromatic carbocycles. The number of nitrogens with zero attached hydrogens (tertiary/aromatic N) is 1. The Morgan fingerprint density at radius 1 is 1.23 bits per heavy atom. The van der Waals surface area contributed by atoms with E-state index < -0.39 is 23.4 Å². The largest absolute Gasteiger partial charge is 0.471 e. The number of alkyl halides is 3. The lowest BCUT2D eigenvalue weighted by molar-refractivity contribution is -0.174. The van der Waals surface area contributed by atoms with Crippen LogP contribution in [0.4, 0.5) is 18.9 Å². The number of amides is 2. The predicted octanol–water partition coefficient (Wildman–Crippen LogP) is 2.50. The Labute approximate surface area is 125 Å². The Bertz CT molecular complexity index is 663. The summed E-state index contributed by atoms with van der Waals surface area (Å²) in [6.45, 7) is 3.72. The van der Waals surface area contributed by atoms with Crippen molar-refractivity contribution in [3.8, 4) is 0 Å². The van der Waals surface area contributed by atoms with E-state index in [2.05, 4.69) is 0 Å². The Balaban J connectivity index is 2.30. The molecular weight excluding hydrogens is 297 g/mol. The quantitative estimate of drug-likeness (QED) is 0.811. The highest BCUT2D eigenvalue weighted by Crippen LogP contribution is 2.46. The van der Waals surface area contributed by atoms with E-state index in [9.17, 15) is 22.8 Å². The zero-order chi connectivity index (χ0) is 16.7. The van der Waals surface area contributed by atoms with Gasteiger partial charge in [-0.05, 0) is 11.6 Å². The van der Waals surface area contributed by atoms with Gasteiger partial charge < -0.3 is 4.90 Å². The van der Waals surface area contributed by atoms with Gasteiger partial charge in [-0.25, -0.2) is 0 Å². The molecule has 0 bridgehead atoms. The van der Waals surface area contributed by atoms with E-state index in [4.69, 9.17) is 0 Å². The molecule has 0 atom stereocenters. The molecule has 1 aliphatic heterocycles. The third kappa shape index (κ3) is 2.70. The van der Waals surface area contributed by atoms with Crippen molar-refractivity contribution < 1.29 is 22.8 Å². The summed E-state index contributed by atoms with van der Waals surface area (Å²) in [6.07, 6.45) is -4.06. The summed E-state index contributed by atoms with van der Waals surface area (Å²) >= 11 is 0. The zero-order valence-corrected chi connectivity index (χ0v) is 12.3. The van der Waals surface area contributed by atoms with E-state index in [1.807, 2.05) is 38.1 Å². The molecule has 2 amide bonds. The molecule has 0 unspecified atom stereocenters. The molecule has 118 valence electrons. The molecule has 0 aliphatic carbocycles. The normalized spacial score (nSPS) is 18.3. The fraction of sp³-hybridized carbons (Fsp3) is 0.333. The van der Waals surface area contributed by atoms with E-state index in [0.29, 0.717) is 5.70 Å². The van der Waals surface area contributed by atoms with Crippen LogP contribution in [0.3, 0.4) is 0 Å². The van der Waals surface area contributed by atoms with Gasteiger partial charge in [-0.15, -0.1) is 0 Å². The molecule has 1 aliphatic rings. The van der Waals surface area contributed by atoms with Crippen molar-refractivity contribution in [1.29, 1.82) is 0 Å². The first kappa shape index (κ1) is 16.1. The van der Waals surface area contributed by atoms with Crippen molar-refractivity contribution in [2.24, 2.45) is 0 Å². The number of allylic oxidation sites excluding steroid dienone is 1. The molecule has 0 saturated carbocycles. The Morgan fingerprint density at radius 3 is 2.36 bits per heavy atom. The fourth-order valence-corrected chi connectivity index (χ4v) is 2.60. The summed E-state index contributed by atoms with van der Waals surface area (Å²) in [4.78, 5) is 24.2. The summed E-state index contributed by atoms with van der Waals surface area (Å²) in [6, 6.07) is 7.44. The second kappa shape index (κ2) is 5.15.